The molecule has 1 aromatic carbocycles. The van der Waals surface area contributed by atoms with Crippen molar-refractivity contribution < 1.29 is 13.2 Å². The number of ether oxygens (including phenoxy) is 1. The molecule has 0 aliphatic heterocycles. The SMILES string of the molecule is COc1ccc(C#N)cc1CS(=O)(=O)C(C)(C)C. The minimum absolute atomic E-state index is 0.130. The Bertz CT molecular complexity index is 577. The Hall–Kier alpha value is -1.54. The quantitative estimate of drug-likeness (QED) is 0.842. The maximum Gasteiger partial charge on any atom is 0.159 e. The van der Waals surface area contributed by atoms with Crippen LogP contribution in [0.2, 0.25) is 0 Å². The van der Waals surface area contributed by atoms with E-state index in [0.717, 1.165) is 0 Å². The lowest BCUT2D eigenvalue weighted by Crippen LogP contribution is -2.29. The second-order valence-electron chi connectivity index (χ2n) is 5.01. The second kappa shape index (κ2) is 4.99. The summed E-state index contributed by atoms with van der Waals surface area (Å²) in [4.78, 5) is 0. The number of nitriles is 1. The van der Waals surface area contributed by atoms with Crippen LogP contribution in [0.1, 0.15) is 31.9 Å². The molecule has 0 spiro atoms. The van der Waals surface area contributed by atoms with Crippen LogP contribution in [0.3, 0.4) is 0 Å². The van der Waals surface area contributed by atoms with Crippen molar-refractivity contribution in [1.29, 1.82) is 5.26 Å². The Morgan fingerprint density at radius 3 is 2.39 bits per heavy atom. The lowest BCUT2D eigenvalue weighted by molar-refractivity contribution is 0.410. The van der Waals surface area contributed by atoms with Crippen LogP contribution in [0.25, 0.3) is 0 Å². The molecular weight excluding hydrogens is 250 g/mol. The third-order valence-electron chi connectivity index (χ3n) is 2.69. The predicted octanol–water partition coefficient (Wildman–Crippen LogP) is 2.28. The summed E-state index contributed by atoms with van der Waals surface area (Å²) >= 11 is 0. The smallest absolute Gasteiger partial charge is 0.159 e. The number of sulfone groups is 1. The maximum absolute atomic E-state index is 12.2. The lowest BCUT2D eigenvalue weighted by atomic mass is 10.1. The average molecular weight is 267 g/mol. The molecule has 0 atom stereocenters. The van der Waals surface area contributed by atoms with Gasteiger partial charge in [-0.3, -0.25) is 0 Å². The molecule has 0 unspecified atom stereocenters. The monoisotopic (exact) mass is 267 g/mol. The largest absolute Gasteiger partial charge is 0.496 e. The molecule has 1 aromatic rings. The molecule has 0 N–H and O–H groups in total. The van der Waals surface area contributed by atoms with Crippen molar-refractivity contribution in [3.8, 4) is 11.8 Å². The Balaban J connectivity index is 3.23. The number of methoxy groups -OCH3 is 1. The predicted molar refractivity (Wildman–Crippen MR) is 70.1 cm³/mol. The van der Waals surface area contributed by atoms with Crippen molar-refractivity contribution in [1.82, 2.24) is 0 Å². The summed E-state index contributed by atoms with van der Waals surface area (Å²) in [5, 5.41) is 8.84. The van der Waals surface area contributed by atoms with Crippen molar-refractivity contribution in [3.05, 3.63) is 29.3 Å². The highest BCUT2D eigenvalue weighted by atomic mass is 32.2. The third kappa shape index (κ3) is 3.02. The second-order valence-corrected chi connectivity index (χ2v) is 7.75. The summed E-state index contributed by atoms with van der Waals surface area (Å²) in [7, 11) is -1.82. The summed E-state index contributed by atoms with van der Waals surface area (Å²) in [5.41, 5.74) is 0.946. The van der Waals surface area contributed by atoms with Gasteiger partial charge < -0.3 is 4.74 Å². The van der Waals surface area contributed by atoms with E-state index in [1.54, 1.807) is 39.0 Å². The highest BCUT2D eigenvalue weighted by Crippen LogP contribution is 2.26. The molecule has 0 aliphatic rings. The molecule has 0 saturated heterocycles. The van der Waals surface area contributed by atoms with Crippen LogP contribution in [0.4, 0.5) is 0 Å². The van der Waals surface area contributed by atoms with E-state index in [1.807, 2.05) is 6.07 Å². The highest BCUT2D eigenvalue weighted by molar-refractivity contribution is 7.91. The summed E-state index contributed by atoms with van der Waals surface area (Å²) in [6.45, 7) is 4.97. The van der Waals surface area contributed by atoms with E-state index in [2.05, 4.69) is 0 Å². The van der Waals surface area contributed by atoms with Crippen molar-refractivity contribution in [3.63, 3.8) is 0 Å². The van der Waals surface area contributed by atoms with Crippen LogP contribution >= 0.6 is 0 Å². The van der Waals surface area contributed by atoms with Gasteiger partial charge >= 0.3 is 0 Å². The van der Waals surface area contributed by atoms with Gasteiger partial charge in [0, 0.05) is 5.56 Å². The summed E-state index contributed by atoms with van der Waals surface area (Å²) < 4.78 is 28.6. The fraction of sp³-hybridized carbons (Fsp3) is 0.462. The van der Waals surface area contributed by atoms with Crippen LogP contribution in [0, 0.1) is 11.3 Å². The average Bonchev–Trinajstić information content (AvgIpc) is 2.26. The fourth-order valence-electron chi connectivity index (χ4n) is 1.38. The van der Waals surface area contributed by atoms with Crippen molar-refractivity contribution in [2.75, 3.05) is 7.11 Å². The zero-order chi connectivity index (χ0) is 14.0. The molecule has 5 heteroatoms. The van der Waals surface area contributed by atoms with Crippen LogP contribution < -0.4 is 4.74 Å². The molecule has 0 heterocycles. The van der Waals surface area contributed by atoms with Crippen molar-refractivity contribution in [2.24, 2.45) is 0 Å². The topological polar surface area (TPSA) is 67.2 Å². The molecule has 0 radical (unpaired) electrons. The van der Waals surface area contributed by atoms with Crippen LogP contribution in [-0.4, -0.2) is 20.3 Å². The molecule has 4 nitrogen and oxygen atoms in total. The van der Waals surface area contributed by atoms with E-state index in [-0.39, 0.29) is 5.75 Å². The van der Waals surface area contributed by atoms with E-state index in [9.17, 15) is 8.42 Å². The van der Waals surface area contributed by atoms with Crippen molar-refractivity contribution in [2.45, 2.75) is 31.3 Å². The molecule has 18 heavy (non-hydrogen) atoms. The number of nitrogens with zero attached hydrogens (tertiary/aromatic N) is 1. The van der Waals surface area contributed by atoms with E-state index in [4.69, 9.17) is 10.00 Å². The molecule has 0 fully saturated rings. The third-order valence-corrected chi connectivity index (χ3v) is 5.25. The van der Waals surface area contributed by atoms with Crippen LogP contribution in [-0.2, 0) is 15.6 Å². The molecular formula is C13H17NO3S. The van der Waals surface area contributed by atoms with E-state index in [1.165, 1.54) is 7.11 Å². The van der Waals surface area contributed by atoms with Gasteiger partial charge in [-0.25, -0.2) is 8.42 Å². The first-order chi connectivity index (χ1) is 8.21. The number of rotatable bonds is 3. The van der Waals surface area contributed by atoms with Gasteiger partial charge in [-0.2, -0.15) is 5.26 Å². The molecule has 0 bridgehead atoms. The van der Waals surface area contributed by atoms with Crippen LogP contribution in [0.5, 0.6) is 5.75 Å². The summed E-state index contributed by atoms with van der Waals surface area (Å²) in [6, 6.07) is 6.77. The van der Waals surface area contributed by atoms with E-state index < -0.39 is 14.6 Å². The molecule has 0 aromatic heterocycles. The first-order valence-electron chi connectivity index (χ1n) is 5.50. The first kappa shape index (κ1) is 14.5. The normalized spacial score (nSPS) is 11.9. The molecule has 1 rings (SSSR count). The standard InChI is InChI=1S/C13H17NO3S/c1-13(2,3)18(15,16)9-11-7-10(8-14)5-6-12(11)17-4/h5-7H,9H2,1-4H3. The maximum atomic E-state index is 12.2. The Morgan fingerprint density at radius 2 is 1.94 bits per heavy atom. The van der Waals surface area contributed by atoms with Gasteiger partial charge in [-0.1, -0.05) is 0 Å². The Labute approximate surface area is 108 Å². The van der Waals surface area contributed by atoms with Crippen molar-refractivity contribution >= 4 is 9.84 Å². The van der Waals surface area contributed by atoms with Gasteiger partial charge in [0.15, 0.2) is 9.84 Å². The lowest BCUT2D eigenvalue weighted by Gasteiger charge is -2.20. The number of benzene rings is 1. The molecule has 0 saturated carbocycles. The van der Waals surface area contributed by atoms with E-state index in [0.29, 0.717) is 16.9 Å². The minimum Gasteiger partial charge on any atom is -0.496 e. The fourth-order valence-corrected chi connectivity index (χ4v) is 2.45. The Kier molecular flexibility index (Phi) is 4.02. The van der Waals surface area contributed by atoms with Gasteiger partial charge in [0.05, 0.1) is 29.2 Å². The van der Waals surface area contributed by atoms with Gasteiger partial charge in [0.2, 0.25) is 0 Å². The number of hydrogen-bond donors (Lipinski definition) is 0. The van der Waals surface area contributed by atoms with Gasteiger partial charge in [0.25, 0.3) is 0 Å². The van der Waals surface area contributed by atoms with Gasteiger partial charge in [0.1, 0.15) is 5.75 Å². The van der Waals surface area contributed by atoms with Gasteiger partial charge in [-0.15, -0.1) is 0 Å². The van der Waals surface area contributed by atoms with E-state index >= 15 is 0 Å². The zero-order valence-electron chi connectivity index (χ0n) is 11.0. The van der Waals surface area contributed by atoms with Crippen LogP contribution in [0.15, 0.2) is 18.2 Å². The zero-order valence-corrected chi connectivity index (χ0v) is 11.8. The summed E-state index contributed by atoms with van der Waals surface area (Å²) in [5.74, 6) is 0.358. The molecule has 0 aliphatic carbocycles. The molecule has 98 valence electrons. The van der Waals surface area contributed by atoms with Gasteiger partial charge in [-0.05, 0) is 39.0 Å². The molecule has 0 amide bonds. The minimum atomic E-state index is -3.30. The Morgan fingerprint density at radius 1 is 1.33 bits per heavy atom. The number of hydrogen-bond acceptors (Lipinski definition) is 4. The summed E-state index contributed by atoms with van der Waals surface area (Å²) in [6.07, 6.45) is 0. The highest BCUT2D eigenvalue weighted by Gasteiger charge is 2.30. The first-order valence-corrected chi connectivity index (χ1v) is 7.16.